The molecule has 0 spiro atoms. The van der Waals surface area contributed by atoms with Gasteiger partial charge in [-0.1, -0.05) is 12.8 Å². The predicted octanol–water partition coefficient (Wildman–Crippen LogP) is 5.21. The van der Waals surface area contributed by atoms with Crippen LogP contribution in [-0.2, 0) is 4.74 Å². The quantitative estimate of drug-likeness (QED) is 0.344. The number of fused-ring (bicyclic) bond motifs is 3. The molecule has 1 saturated heterocycles. The lowest BCUT2D eigenvalue weighted by Crippen LogP contribution is -2.55. The number of rotatable bonds is 4. The van der Waals surface area contributed by atoms with Crippen molar-refractivity contribution < 1.29 is 13.9 Å². The average molecular weight is 548 g/mol. The number of carbonyl (C=O) groups excluding carboxylic acids is 1. The third-order valence-corrected chi connectivity index (χ3v) is 7.57. The van der Waals surface area contributed by atoms with Crippen LogP contribution < -0.4 is 10.2 Å². The van der Waals surface area contributed by atoms with Crippen LogP contribution in [-0.4, -0.2) is 72.0 Å². The number of aromatic nitrogens is 6. The summed E-state index contributed by atoms with van der Waals surface area (Å²) in [6.45, 7) is 9.39. The third kappa shape index (κ3) is 4.98. The number of ether oxygens (including phenoxy) is 1. The Morgan fingerprint density at radius 3 is 2.58 bits per heavy atom. The molecule has 2 aliphatic rings. The van der Waals surface area contributed by atoms with Gasteiger partial charge in [0.2, 0.25) is 11.9 Å². The van der Waals surface area contributed by atoms with E-state index in [1.807, 2.05) is 50.5 Å². The Morgan fingerprint density at radius 1 is 1.07 bits per heavy atom. The van der Waals surface area contributed by atoms with Crippen molar-refractivity contribution in [3.8, 4) is 0 Å². The smallest absolute Gasteiger partial charge is 0.410 e. The minimum Gasteiger partial charge on any atom is -0.444 e. The highest BCUT2D eigenvalue weighted by Crippen LogP contribution is 2.38. The molecule has 210 valence electrons. The summed E-state index contributed by atoms with van der Waals surface area (Å²) in [6, 6.07) is 5.69. The van der Waals surface area contributed by atoms with E-state index in [4.69, 9.17) is 9.72 Å². The molecule has 6 rings (SSSR count). The molecular formula is C28H34FN9O2. The first kappa shape index (κ1) is 26.1. The van der Waals surface area contributed by atoms with Gasteiger partial charge in [0, 0.05) is 54.9 Å². The standard InChI is InChI=1S/C28H34FN9O2/c1-17-16-36(13-14-37(17)27(39)40-28(2,3)4)22-10-9-21(34-35-22)32-26-31-15-20-19-11-12-30-24(29)23(19)38(25(20)33-26)18-7-5-6-8-18/h9-12,15,17-18H,5-8,13-14,16H2,1-4H3,(H,31,32,33,34)/t17-/m1/s1. The molecule has 1 N–H and O–H groups in total. The van der Waals surface area contributed by atoms with Crippen LogP contribution in [0.1, 0.15) is 59.4 Å². The highest BCUT2D eigenvalue weighted by atomic mass is 19.1. The van der Waals surface area contributed by atoms with E-state index in [-0.39, 0.29) is 18.2 Å². The normalized spacial score (nSPS) is 18.6. The van der Waals surface area contributed by atoms with Crippen LogP contribution in [0.5, 0.6) is 0 Å². The monoisotopic (exact) mass is 547 g/mol. The van der Waals surface area contributed by atoms with Crippen molar-refractivity contribution in [1.29, 1.82) is 0 Å². The summed E-state index contributed by atoms with van der Waals surface area (Å²) in [5, 5.41) is 13.5. The van der Waals surface area contributed by atoms with Gasteiger partial charge < -0.3 is 24.4 Å². The zero-order valence-electron chi connectivity index (χ0n) is 23.3. The molecule has 0 aromatic carbocycles. The summed E-state index contributed by atoms with van der Waals surface area (Å²) in [6.07, 6.45) is 7.10. The van der Waals surface area contributed by atoms with Crippen LogP contribution in [0, 0.1) is 5.95 Å². The number of amides is 1. The highest BCUT2D eigenvalue weighted by molar-refractivity contribution is 6.06. The van der Waals surface area contributed by atoms with Crippen molar-refractivity contribution in [2.45, 2.75) is 71.1 Å². The van der Waals surface area contributed by atoms with Gasteiger partial charge in [0.25, 0.3) is 0 Å². The van der Waals surface area contributed by atoms with E-state index in [0.29, 0.717) is 42.6 Å². The molecule has 5 heterocycles. The molecule has 1 aliphatic heterocycles. The lowest BCUT2D eigenvalue weighted by atomic mass is 10.2. The number of piperazine rings is 1. The number of nitrogens with zero attached hydrogens (tertiary/aromatic N) is 8. The summed E-state index contributed by atoms with van der Waals surface area (Å²) < 4.78 is 22.4. The molecule has 4 aromatic rings. The summed E-state index contributed by atoms with van der Waals surface area (Å²) in [5.41, 5.74) is 0.644. The van der Waals surface area contributed by atoms with Crippen LogP contribution in [0.25, 0.3) is 21.9 Å². The SMILES string of the molecule is C[C@@H]1CN(c2ccc(Nc3ncc4c5ccnc(F)c5n(C5CCCC5)c4n3)nn2)CCN1C(=O)OC(C)(C)C. The lowest BCUT2D eigenvalue weighted by molar-refractivity contribution is 0.0158. The molecule has 2 fully saturated rings. The second-order valence-electron chi connectivity index (χ2n) is 11.6. The van der Waals surface area contributed by atoms with E-state index in [2.05, 4.69) is 30.4 Å². The number of anilines is 3. The van der Waals surface area contributed by atoms with Gasteiger partial charge in [-0.25, -0.2) is 14.8 Å². The minimum atomic E-state index is -0.531. The van der Waals surface area contributed by atoms with Gasteiger partial charge in [0.05, 0.1) is 0 Å². The second kappa shape index (κ2) is 10.1. The van der Waals surface area contributed by atoms with Crippen LogP contribution in [0.2, 0.25) is 0 Å². The van der Waals surface area contributed by atoms with E-state index in [9.17, 15) is 9.18 Å². The first-order valence-electron chi connectivity index (χ1n) is 13.8. The molecule has 0 bridgehead atoms. The van der Waals surface area contributed by atoms with E-state index in [1.54, 1.807) is 11.1 Å². The van der Waals surface area contributed by atoms with Gasteiger partial charge >= 0.3 is 6.09 Å². The molecular weight excluding hydrogens is 513 g/mol. The first-order chi connectivity index (χ1) is 19.2. The van der Waals surface area contributed by atoms with Crippen LogP contribution in [0.3, 0.4) is 0 Å². The second-order valence-corrected chi connectivity index (χ2v) is 11.6. The fourth-order valence-corrected chi connectivity index (χ4v) is 5.74. The van der Waals surface area contributed by atoms with Crippen molar-refractivity contribution in [2.24, 2.45) is 0 Å². The number of hydrogen-bond acceptors (Lipinski definition) is 9. The van der Waals surface area contributed by atoms with Crippen molar-refractivity contribution in [2.75, 3.05) is 29.9 Å². The molecule has 11 nitrogen and oxygen atoms in total. The summed E-state index contributed by atoms with van der Waals surface area (Å²) in [7, 11) is 0. The summed E-state index contributed by atoms with van der Waals surface area (Å²) in [5.74, 6) is 1.10. The highest BCUT2D eigenvalue weighted by Gasteiger charge is 2.31. The van der Waals surface area contributed by atoms with Gasteiger partial charge in [0.15, 0.2) is 11.6 Å². The zero-order valence-corrected chi connectivity index (χ0v) is 23.3. The Morgan fingerprint density at radius 2 is 1.88 bits per heavy atom. The number of pyridine rings is 1. The topological polar surface area (TPSA) is 114 Å². The Kier molecular flexibility index (Phi) is 6.63. The fourth-order valence-electron chi connectivity index (χ4n) is 5.74. The van der Waals surface area contributed by atoms with Gasteiger partial charge in [0.1, 0.15) is 16.8 Å². The van der Waals surface area contributed by atoms with Crippen molar-refractivity contribution >= 4 is 45.6 Å². The first-order valence-corrected chi connectivity index (χ1v) is 13.8. The molecule has 1 atom stereocenters. The molecule has 0 radical (unpaired) electrons. The van der Waals surface area contributed by atoms with Crippen LogP contribution in [0.15, 0.2) is 30.6 Å². The maximum Gasteiger partial charge on any atom is 0.410 e. The van der Waals surface area contributed by atoms with Gasteiger partial charge in [-0.15, -0.1) is 10.2 Å². The lowest BCUT2D eigenvalue weighted by Gasteiger charge is -2.40. The minimum absolute atomic E-state index is 0.0324. The van der Waals surface area contributed by atoms with Gasteiger partial charge in [-0.05, 0) is 58.7 Å². The van der Waals surface area contributed by atoms with Crippen LogP contribution in [0.4, 0.5) is 26.8 Å². The summed E-state index contributed by atoms with van der Waals surface area (Å²) in [4.78, 5) is 29.6. The molecule has 40 heavy (non-hydrogen) atoms. The van der Waals surface area contributed by atoms with E-state index < -0.39 is 11.5 Å². The fraction of sp³-hybridized carbons (Fsp3) is 0.500. The van der Waals surface area contributed by atoms with Crippen LogP contribution >= 0.6 is 0 Å². The van der Waals surface area contributed by atoms with Crippen molar-refractivity contribution in [3.63, 3.8) is 0 Å². The Labute approximate surface area is 231 Å². The van der Waals surface area contributed by atoms with E-state index >= 15 is 0 Å². The predicted molar refractivity (Wildman–Crippen MR) is 150 cm³/mol. The zero-order chi connectivity index (χ0) is 28.0. The van der Waals surface area contributed by atoms with Crippen molar-refractivity contribution in [3.05, 3.63) is 36.5 Å². The Hall–Kier alpha value is -4.09. The number of hydrogen-bond donors (Lipinski definition) is 1. The molecule has 1 aliphatic carbocycles. The largest absolute Gasteiger partial charge is 0.444 e. The molecule has 1 saturated carbocycles. The van der Waals surface area contributed by atoms with Crippen molar-refractivity contribution in [1.82, 2.24) is 34.6 Å². The Balaban J connectivity index is 1.19. The molecule has 12 heteroatoms. The number of halogens is 1. The average Bonchev–Trinajstić information content (AvgIpc) is 3.54. The molecule has 4 aromatic heterocycles. The number of nitrogens with one attached hydrogen (secondary N) is 1. The third-order valence-electron chi connectivity index (χ3n) is 7.57. The van der Waals surface area contributed by atoms with Gasteiger partial charge in [-0.2, -0.15) is 9.37 Å². The summed E-state index contributed by atoms with van der Waals surface area (Å²) >= 11 is 0. The van der Waals surface area contributed by atoms with Gasteiger partial charge in [-0.3, -0.25) is 0 Å². The molecule has 1 amide bonds. The van der Waals surface area contributed by atoms with E-state index in [0.717, 1.165) is 42.3 Å². The Bertz CT molecular complexity index is 1540. The maximum absolute atomic E-state index is 14.9. The number of carbonyl (C=O) groups is 1. The molecule has 0 unspecified atom stereocenters. The van der Waals surface area contributed by atoms with E-state index in [1.165, 1.54) is 6.20 Å². The maximum atomic E-state index is 14.9.